The molecule has 0 aromatic heterocycles. The number of hydrogen-bond donors (Lipinski definition) is 0. The maximum absolute atomic E-state index is 6.21. The molecule has 2 aromatic carbocycles. The highest BCUT2D eigenvalue weighted by atomic mass is 16.5. The van der Waals surface area contributed by atoms with Gasteiger partial charge in [0.1, 0.15) is 29.6 Å². The van der Waals surface area contributed by atoms with Crippen LogP contribution in [0.15, 0.2) is 29.3 Å². The van der Waals surface area contributed by atoms with E-state index in [4.69, 9.17) is 28.7 Å². The van der Waals surface area contributed by atoms with Crippen molar-refractivity contribution in [2.24, 2.45) is 10.9 Å². The van der Waals surface area contributed by atoms with Gasteiger partial charge < -0.3 is 23.7 Å². The first-order valence-electron chi connectivity index (χ1n) is 10.6. The lowest BCUT2D eigenvalue weighted by molar-refractivity contribution is 0.242. The highest BCUT2D eigenvalue weighted by Crippen LogP contribution is 2.47. The molecule has 0 unspecified atom stereocenters. The van der Waals surface area contributed by atoms with Gasteiger partial charge in [-0.2, -0.15) is 0 Å². The molecule has 1 heterocycles. The van der Waals surface area contributed by atoms with E-state index in [1.165, 1.54) is 0 Å². The number of ether oxygens (including phenoxy) is 5. The minimum Gasteiger partial charge on any atom is -0.497 e. The van der Waals surface area contributed by atoms with Crippen LogP contribution in [0.3, 0.4) is 0 Å². The van der Waals surface area contributed by atoms with Crippen LogP contribution in [0.25, 0.3) is 11.1 Å². The number of rotatable bonds is 8. The Kier molecular flexibility index (Phi) is 6.98. The standard InChI is InChI=1S/C25H33NO5/c1-14(2)19-13-30-25(26-19)18-11-17(27-6)12-21(29-8)23(18)24-20(28-7)9-16(5)10-22(24)31-15(3)4/h9-12,14-15,19H,13H2,1-8H3/t19-/m1/s1. The molecule has 0 N–H and O–H groups in total. The summed E-state index contributed by atoms with van der Waals surface area (Å²) >= 11 is 0. The first kappa shape index (κ1) is 22.8. The van der Waals surface area contributed by atoms with Gasteiger partial charge in [0, 0.05) is 11.6 Å². The van der Waals surface area contributed by atoms with Gasteiger partial charge in [-0.1, -0.05) is 13.8 Å². The molecule has 2 aromatic rings. The molecule has 0 bridgehead atoms. The number of hydrogen-bond acceptors (Lipinski definition) is 6. The van der Waals surface area contributed by atoms with Gasteiger partial charge in [-0.05, 0) is 50.5 Å². The topological polar surface area (TPSA) is 58.5 Å². The molecule has 0 radical (unpaired) electrons. The average molecular weight is 428 g/mol. The Morgan fingerprint density at radius 2 is 1.52 bits per heavy atom. The molecule has 1 aliphatic heterocycles. The van der Waals surface area contributed by atoms with Crippen LogP contribution < -0.4 is 18.9 Å². The molecule has 0 spiro atoms. The van der Waals surface area contributed by atoms with Crippen molar-refractivity contribution < 1.29 is 23.7 Å². The zero-order valence-electron chi connectivity index (χ0n) is 19.7. The second-order valence-corrected chi connectivity index (χ2v) is 8.32. The van der Waals surface area contributed by atoms with Crippen LogP contribution in [0, 0.1) is 12.8 Å². The Labute approximate surface area is 185 Å². The van der Waals surface area contributed by atoms with Crippen molar-refractivity contribution in [3.8, 4) is 34.1 Å². The summed E-state index contributed by atoms with van der Waals surface area (Å²) in [4.78, 5) is 4.86. The molecule has 0 saturated heterocycles. The predicted molar refractivity (Wildman–Crippen MR) is 123 cm³/mol. The van der Waals surface area contributed by atoms with E-state index < -0.39 is 0 Å². The zero-order valence-corrected chi connectivity index (χ0v) is 19.7. The summed E-state index contributed by atoms with van der Waals surface area (Å²) in [5.41, 5.74) is 3.43. The van der Waals surface area contributed by atoms with Crippen molar-refractivity contribution in [1.29, 1.82) is 0 Å². The van der Waals surface area contributed by atoms with Crippen LogP contribution in [0.4, 0.5) is 0 Å². The quantitative estimate of drug-likeness (QED) is 0.574. The molecule has 0 amide bonds. The maximum atomic E-state index is 6.21. The van der Waals surface area contributed by atoms with Gasteiger partial charge in [-0.15, -0.1) is 0 Å². The Balaban J connectivity index is 2.35. The number of benzene rings is 2. The summed E-state index contributed by atoms with van der Waals surface area (Å²) in [7, 11) is 4.93. The van der Waals surface area contributed by atoms with E-state index in [1.54, 1.807) is 21.3 Å². The predicted octanol–water partition coefficient (Wildman–Crippen LogP) is 5.28. The molecule has 0 aliphatic carbocycles. The van der Waals surface area contributed by atoms with Gasteiger partial charge in [0.05, 0.1) is 44.6 Å². The summed E-state index contributed by atoms with van der Waals surface area (Å²) in [6, 6.07) is 7.89. The normalized spacial score (nSPS) is 15.7. The van der Waals surface area contributed by atoms with Crippen LogP contribution in [0.2, 0.25) is 0 Å². The summed E-state index contributed by atoms with van der Waals surface area (Å²) in [5, 5.41) is 0. The van der Waals surface area contributed by atoms with Gasteiger partial charge in [-0.3, -0.25) is 0 Å². The van der Waals surface area contributed by atoms with Gasteiger partial charge in [-0.25, -0.2) is 4.99 Å². The number of nitrogens with zero attached hydrogens (tertiary/aromatic N) is 1. The lowest BCUT2D eigenvalue weighted by Gasteiger charge is -2.22. The van der Waals surface area contributed by atoms with Crippen LogP contribution in [-0.2, 0) is 4.74 Å². The zero-order chi connectivity index (χ0) is 22.7. The Morgan fingerprint density at radius 1 is 0.871 bits per heavy atom. The minimum absolute atomic E-state index is 0.0108. The van der Waals surface area contributed by atoms with E-state index in [0.717, 1.165) is 28.0 Å². The Morgan fingerprint density at radius 3 is 2.06 bits per heavy atom. The third-order valence-corrected chi connectivity index (χ3v) is 5.25. The van der Waals surface area contributed by atoms with Crippen molar-refractivity contribution in [1.82, 2.24) is 0 Å². The third kappa shape index (κ3) is 4.73. The van der Waals surface area contributed by atoms with Crippen LogP contribution in [0.1, 0.15) is 38.8 Å². The van der Waals surface area contributed by atoms with Crippen molar-refractivity contribution in [3.05, 3.63) is 35.4 Å². The number of aliphatic imine (C=N–C) groups is 1. The van der Waals surface area contributed by atoms with E-state index >= 15 is 0 Å². The largest absolute Gasteiger partial charge is 0.497 e. The molecule has 1 atom stereocenters. The van der Waals surface area contributed by atoms with Gasteiger partial charge in [0.2, 0.25) is 5.90 Å². The maximum Gasteiger partial charge on any atom is 0.217 e. The van der Waals surface area contributed by atoms with Crippen molar-refractivity contribution in [2.75, 3.05) is 27.9 Å². The molecule has 31 heavy (non-hydrogen) atoms. The average Bonchev–Trinajstić information content (AvgIpc) is 3.22. The molecular formula is C25H33NO5. The highest BCUT2D eigenvalue weighted by molar-refractivity contribution is 6.05. The first-order chi connectivity index (χ1) is 14.8. The monoisotopic (exact) mass is 427 g/mol. The van der Waals surface area contributed by atoms with Gasteiger partial charge >= 0.3 is 0 Å². The minimum atomic E-state index is -0.0108. The molecule has 6 nitrogen and oxygen atoms in total. The summed E-state index contributed by atoms with van der Waals surface area (Å²) in [5.74, 6) is 3.65. The van der Waals surface area contributed by atoms with E-state index in [9.17, 15) is 0 Å². The SMILES string of the molecule is COc1cc(OC)c(-c2c(OC)cc(C)cc2OC(C)C)c(C2=N[C@@H](C(C)C)CO2)c1. The van der Waals surface area contributed by atoms with E-state index in [2.05, 4.69) is 13.8 Å². The Hall–Kier alpha value is -2.89. The summed E-state index contributed by atoms with van der Waals surface area (Å²) in [6.45, 7) is 10.9. The molecule has 6 heteroatoms. The van der Waals surface area contributed by atoms with Gasteiger partial charge in [0.15, 0.2) is 0 Å². The Bertz CT molecular complexity index is 965. The smallest absolute Gasteiger partial charge is 0.217 e. The van der Waals surface area contributed by atoms with Crippen LogP contribution in [0.5, 0.6) is 23.0 Å². The molecule has 1 aliphatic rings. The molecular weight excluding hydrogens is 394 g/mol. The molecule has 0 fully saturated rings. The third-order valence-electron chi connectivity index (χ3n) is 5.25. The van der Waals surface area contributed by atoms with E-state index in [0.29, 0.717) is 35.7 Å². The fraction of sp³-hybridized carbons (Fsp3) is 0.480. The first-order valence-corrected chi connectivity index (χ1v) is 10.6. The summed E-state index contributed by atoms with van der Waals surface area (Å²) < 4.78 is 29.4. The second kappa shape index (κ2) is 9.50. The summed E-state index contributed by atoms with van der Waals surface area (Å²) in [6.07, 6.45) is -0.0108. The lowest BCUT2D eigenvalue weighted by atomic mass is 9.94. The molecule has 168 valence electrons. The van der Waals surface area contributed by atoms with Crippen molar-refractivity contribution in [2.45, 2.75) is 46.8 Å². The van der Waals surface area contributed by atoms with Crippen LogP contribution in [-0.4, -0.2) is 46.0 Å². The van der Waals surface area contributed by atoms with Crippen LogP contribution >= 0.6 is 0 Å². The fourth-order valence-electron chi connectivity index (χ4n) is 3.65. The highest BCUT2D eigenvalue weighted by Gasteiger charge is 2.30. The lowest BCUT2D eigenvalue weighted by Crippen LogP contribution is -2.13. The second-order valence-electron chi connectivity index (χ2n) is 8.32. The van der Waals surface area contributed by atoms with E-state index in [1.807, 2.05) is 45.0 Å². The van der Waals surface area contributed by atoms with E-state index in [-0.39, 0.29) is 12.1 Å². The number of methoxy groups -OCH3 is 3. The number of aryl methyl sites for hydroxylation is 1. The van der Waals surface area contributed by atoms with Crippen molar-refractivity contribution >= 4 is 5.90 Å². The van der Waals surface area contributed by atoms with Crippen molar-refractivity contribution in [3.63, 3.8) is 0 Å². The van der Waals surface area contributed by atoms with Gasteiger partial charge in [0.25, 0.3) is 0 Å². The molecule has 0 saturated carbocycles. The molecule has 3 rings (SSSR count). The fourth-order valence-corrected chi connectivity index (χ4v) is 3.65.